The van der Waals surface area contributed by atoms with Crippen LogP contribution in [0.3, 0.4) is 0 Å². The summed E-state index contributed by atoms with van der Waals surface area (Å²) in [4.78, 5) is 2.13. The van der Waals surface area contributed by atoms with Crippen LogP contribution in [-0.4, -0.2) is 31.2 Å². The fourth-order valence-electron chi connectivity index (χ4n) is 1.95. The second kappa shape index (κ2) is 3.05. The number of rotatable bonds is 1. The van der Waals surface area contributed by atoms with E-state index < -0.39 is 0 Å². The van der Waals surface area contributed by atoms with Gasteiger partial charge in [-0.2, -0.15) is 5.10 Å². The van der Waals surface area contributed by atoms with Crippen LogP contribution in [0.1, 0.15) is 5.56 Å². The highest BCUT2D eigenvalue weighted by atomic mass is 16.5. The number of hydrazone groups is 1. The molecule has 0 aromatic heterocycles. The van der Waals surface area contributed by atoms with Crippen LogP contribution >= 0.6 is 0 Å². The van der Waals surface area contributed by atoms with Gasteiger partial charge in [0.15, 0.2) is 5.84 Å². The van der Waals surface area contributed by atoms with Crippen molar-refractivity contribution in [2.75, 3.05) is 25.8 Å². The molecule has 0 aliphatic carbocycles. The number of methoxy groups -OCH3 is 1. The van der Waals surface area contributed by atoms with Crippen molar-refractivity contribution in [2.24, 2.45) is 5.10 Å². The van der Waals surface area contributed by atoms with Gasteiger partial charge < -0.3 is 15.0 Å². The Kier molecular flexibility index (Phi) is 1.71. The molecule has 0 atom stereocenters. The third-order valence-electron chi connectivity index (χ3n) is 2.68. The first-order chi connectivity index (χ1) is 7.40. The summed E-state index contributed by atoms with van der Waals surface area (Å²) in [6, 6.07) is 5.96. The van der Waals surface area contributed by atoms with E-state index in [1.54, 1.807) is 7.11 Å². The van der Waals surface area contributed by atoms with E-state index in [0.717, 1.165) is 36.2 Å². The zero-order chi connectivity index (χ0) is 10.3. The van der Waals surface area contributed by atoms with Crippen molar-refractivity contribution in [3.63, 3.8) is 0 Å². The van der Waals surface area contributed by atoms with Crippen LogP contribution < -0.4 is 15.5 Å². The second-order valence-corrected chi connectivity index (χ2v) is 3.51. The van der Waals surface area contributed by atoms with Gasteiger partial charge in [-0.3, -0.25) is 5.43 Å². The van der Waals surface area contributed by atoms with E-state index in [1.165, 1.54) is 0 Å². The molecule has 0 amide bonds. The minimum absolute atomic E-state index is 0.750. The standard InChI is InChI=1S/C10H12N4O/c1-15-8-4-2-3-7-9(8)10-13-12-6-14(10)5-11-7/h2-4,11-12H,5-6H2,1H3. The van der Waals surface area contributed by atoms with E-state index in [9.17, 15) is 0 Å². The van der Waals surface area contributed by atoms with Gasteiger partial charge in [0.25, 0.3) is 0 Å². The summed E-state index contributed by atoms with van der Waals surface area (Å²) in [6.07, 6.45) is 0. The minimum Gasteiger partial charge on any atom is -0.496 e. The average Bonchev–Trinajstić information content (AvgIpc) is 2.76. The smallest absolute Gasteiger partial charge is 0.164 e. The molecule has 15 heavy (non-hydrogen) atoms. The zero-order valence-electron chi connectivity index (χ0n) is 8.45. The number of anilines is 1. The highest BCUT2D eigenvalue weighted by molar-refractivity contribution is 6.07. The van der Waals surface area contributed by atoms with Crippen LogP contribution in [0, 0.1) is 0 Å². The first kappa shape index (κ1) is 8.40. The summed E-state index contributed by atoms with van der Waals surface area (Å²) >= 11 is 0. The van der Waals surface area contributed by atoms with Gasteiger partial charge in [0.2, 0.25) is 0 Å². The molecule has 2 heterocycles. The van der Waals surface area contributed by atoms with Gasteiger partial charge in [-0.25, -0.2) is 0 Å². The average molecular weight is 204 g/mol. The van der Waals surface area contributed by atoms with E-state index >= 15 is 0 Å². The van der Waals surface area contributed by atoms with E-state index in [1.807, 2.05) is 18.2 Å². The Labute approximate surface area is 87.7 Å². The molecule has 0 spiro atoms. The molecule has 1 aromatic rings. The molecule has 0 bridgehead atoms. The lowest BCUT2D eigenvalue weighted by atomic mass is 10.1. The van der Waals surface area contributed by atoms with E-state index in [-0.39, 0.29) is 0 Å². The Morgan fingerprint density at radius 1 is 1.40 bits per heavy atom. The number of fused-ring (bicyclic) bond motifs is 3. The van der Waals surface area contributed by atoms with Gasteiger partial charge in [-0.1, -0.05) is 6.07 Å². The predicted octanol–water partition coefficient (Wildman–Crippen LogP) is 0.602. The van der Waals surface area contributed by atoms with Crippen molar-refractivity contribution in [3.8, 4) is 5.75 Å². The summed E-state index contributed by atoms with van der Waals surface area (Å²) in [5.41, 5.74) is 5.09. The normalized spacial score (nSPS) is 17.1. The maximum atomic E-state index is 5.35. The minimum atomic E-state index is 0.750. The molecule has 0 unspecified atom stereocenters. The highest BCUT2D eigenvalue weighted by Gasteiger charge is 2.28. The summed E-state index contributed by atoms with van der Waals surface area (Å²) in [5, 5.41) is 7.61. The van der Waals surface area contributed by atoms with Crippen LogP contribution in [0.25, 0.3) is 0 Å². The molecule has 2 aliphatic rings. The largest absolute Gasteiger partial charge is 0.496 e. The van der Waals surface area contributed by atoms with Crippen LogP contribution in [-0.2, 0) is 0 Å². The lowest BCUT2D eigenvalue weighted by Gasteiger charge is -2.28. The number of nitrogens with zero attached hydrogens (tertiary/aromatic N) is 2. The Morgan fingerprint density at radius 2 is 2.33 bits per heavy atom. The van der Waals surface area contributed by atoms with Crippen LogP contribution in [0.15, 0.2) is 23.3 Å². The SMILES string of the molecule is COc1cccc2c1C1=NNCN1CN2. The molecule has 78 valence electrons. The van der Waals surface area contributed by atoms with Gasteiger partial charge in [-0.15, -0.1) is 0 Å². The summed E-state index contributed by atoms with van der Waals surface area (Å²) in [6.45, 7) is 1.53. The van der Waals surface area contributed by atoms with E-state index in [4.69, 9.17) is 4.74 Å². The molecule has 0 radical (unpaired) electrons. The maximum absolute atomic E-state index is 5.35. The highest BCUT2D eigenvalue weighted by Crippen LogP contribution is 2.31. The summed E-state index contributed by atoms with van der Waals surface area (Å²) < 4.78 is 5.35. The first-order valence-electron chi connectivity index (χ1n) is 4.87. The third kappa shape index (κ3) is 1.12. The van der Waals surface area contributed by atoms with Crippen molar-refractivity contribution < 1.29 is 4.74 Å². The Bertz CT molecular complexity index is 415. The fraction of sp³-hybridized carbons (Fsp3) is 0.300. The zero-order valence-corrected chi connectivity index (χ0v) is 8.45. The van der Waals surface area contributed by atoms with Crippen LogP contribution in [0.2, 0.25) is 0 Å². The van der Waals surface area contributed by atoms with Crippen LogP contribution in [0.4, 0.5) is 5.69 Å². The van der Waals surface area contributed by atoms with Crippen LogP contribution in [0.5, 0.6) is 5.75 Å². The summed E-state index contributed by atoms with van der Waals surface area (Å²) in [7, 11) is 1.68. The number of benzene rings is 1. The third-order valence-corrected chi connectivity index (χ3v) is 2.68. The molecule has 0 saturated heterocycles. The number of hydrogen-bond acceptors (Lipinski definition) is 5. The Hall–Kier alpha value is -1.91. The molecule has 0 fully saturated rings. The first-order valence-corrected chi connectivity index (χ1v) is 4.87. The molecule has 2 aliphatic heterocycles. The van der Waals surface area contributed by atoms with Crippen molar-refractivity contribution >= 4 is 11.5 Å². The molecule has 1 aromatic carbocycles. The monoisotopic (exact) mass is 204 g/mol. The molecule has 2 N–H and O–H groups in total. The van der Waals surface area contributed by atoms with Gasteiger partial charge in [0.05, 0.1) is 25.0 Å². The number of amidine groups is 1. The summed E-state index contributed by atoms with van der Waals surface area (Å²) in [5.74, 6) is 1.81. The van der Waals surface area contributed by atoms with Gasteiger partial charge in [0, 0.05) is 0 Å². The molecule has 5 heteroatoms. The van der Waals surface area contributed by atoms with Crippen molar-refractivity contribution in [2.45, 2.75) is 0 Å². The second-order valence-electron chi connectivity index (χ2n) is 3.51. The molecular weight excluding hydrogens is 192 g/mol. The fourth-order valence-corrected chi connectivity index (χ4v) is 1.95. The number of nitrogens with one attached hydrogen (secondary N) is 2. The quantitative estimate of drug-likeness (QED) is 0.703. The van der Waals surface area contributed by atoms with Gasteiger partial charge in [0.1, 0.15) is 12.4 Å². The van der Waals surface area contributed by atoms with Gasteiger partial charge >= 0.3 is 0 Å². The van der Waals surface area contributed by atoms with Gasteiger partial charge in [-0.05, 0) is 12.1 Å². The number of hydrogen-bond donors (Lipinski definition) is 2. The lowest BCUT2D eigenvalue weighted by Crippen LogP contribution is -2.38. The van der Waals surface area contributed by atoms with Crippen molar-refractivity contribution in [1.82, 2.24) is 10.3 Å². The number of ether oxygens (including phenoxy) is 1. The van der Waals surface area contributed by atoms with E-state index in [2.05, 4.69) is 20.7 Å². The molecule has 0 saturated carbocycles. The molecule has 3 rings (SSSR count). The topological polar surface area (TPSA) is 48.9 Å². The molecular formula is C10H12N4O. The maximum Gasteiger partial charge on any atom is 0.164 e. The Morgan fingerprint density at radius 3 is 3.20 bits per heavy atom. The van der Waals surface area contributed by atoms with Crippen molar-refractivity contribution in [1.29, 1.82) is 0 Å². The molecule has 5 nitrogen and oxygen atoms in total. The lowest BCUT2D eigenvalue weighted by molar-refractivity contribution is 0.407. The van der Waals surface area contributed by atoms with E-state index in [0.29, 0.717) is 0 Å². The predicted molar refractivity (Wildman–Crippen MR) is 57.9 cm³/mol. The Balaban J connectivity index is 2.18. The van der Waals surface area contributed by atoms with Crippen molar-refractivity contribution in [3.05, 3.63) is 23.8 Å².